The number of benzene rings is 2. The number of alkyl halides is 3. The number of aliphatic carboxylic acids is 1. The second-order valence-electron chi connectivity index (χ2n) is 11.4. The van der Waals surface area contributed by atoms with Gasteiger partial charge in [-0.05, 0) is 68.1 Å². The number of anilines is 3. The Morgan fingerprint density at radius 3 is 2.23 bits per heavy atom. The van der Waals surface area contributed by atoms with Crippen molar-refractivity contribution in [1.29, 1.82) is 0 Å². The summed E-state index contributed by atoms with van der Waals surface area (Å²) < 4.78 is 37.8. The van der Waals surface area contributed by atoms with Gasteiger partial charge in [-0.25, -0.2) is 4.79 Å². The Morgan fingerprint density at radius 2 is 1.58 bits per heavy atom. The summed E-state index contributed by atoms with van der Waals surface area (Å²) in [5, 5.41) is 27.4. The third-order valence-electron chi connectivity index (χ3n) is 7.65. The molecule has 0 atom stereocenters. The fraction of sp³-hybridized carbons (Fsp3) is 0.500. The van der Waals surface area contributed by atoms with E-state index < -0.39 is 12.1 Å². The molecular weight excluding hydrogens is 653 g/mol. The molecule has 48 heavy (non-hydrogen) atoms. The molecule has 2 aromatic carbocycles. The number of piperazine rings is 1. The summed E-state index contributed by atoms with van der Waals surface area (Å²) in [5.41, 5.74) is 2.25. The molecule has 3 aromatic rings. The summed E-state index contributed by atoms with van der Waals surface area (Å²) in [6, 6.07) is 13.3. The zero-order chi connectivity index (χ0) is 34.4. The van der Waals surface area contributed by atoms with Gasteiger partial charge in [-0.1, -0.05) is 42.3 Å². The van der Waals surface area contributed by atoms with Gasteiger partial charge >= 0.3 is 12.1 Å². The van der Waals surface area contributed by atoms with Gasteiger partial charge in [-0.3, -0.25) is 4.90 Å². The van der Waals surface area contributed by atoms with Crippen molar-refractivity contribution in [3.05, 3.63) is 58.6 Å². The van der Waals surface area contributed by atoms with Crippen molar-refractivity contribution in [3.8, 4) is 11.5 Å². The van der Waals surface area contributed by atoms with E-state index in [1.165, 1.54) is 19.3 Å². The van der Waals surface area contributed by atoms with Gasteiger partial charge in [-0.2, -0.15) is 28.1 Å². The van der Waals surface area contributed by atoms with Gasteiger partial charge in [0.1, 0.15) is 11.5 Å². The second-order valence-corrected chi connectivity index (χ2v) is 11.7. The molecule has 3 heterocycles. The summed E-state index contributed by atoms with van der Waals surface area (Å²) in [5.74, 6) is 0.00987. The Labute approximate surface area is 282 Å². The van der Waals surface area contributed by atoms with E-state index in [-0.39, 0.29) is 5.75 Å². The number of halogens is 4. The summed E-state index contributed by atoms with van der Waals surface area (Å²) >= 11 is 6.71. The van der Waals surface area contributed by atoms with Crippen LogP contribution in [-0.2, 0) is 17.8 Å². The lowest BCUT2D eigenvalue weighted by atomic mass is 10.1. The van der Waals surface area contributed by atoms with E-state index in [9.17, 15) is 18.3 Å². The normalized spacial score (nSPS) is 15.3. The standard InChI is InChI=1S/C30H41ClN8O2.C2HF3O2/c31-27-24(22-38-17-2-1-3-18-38)6-4-7-26(27)41-21-5-13-33-28-35-29(34-14-12-23-8-10-25(40)11-9-23)37-30(36-28)39-19-15-32-16-20-39;3-2(4,5)1(6)7/h4,6-11,32,40H,1-3,5,12-22H2,(H2,33,34,35,36,37);(H,6,7). The minimum absolute atomic E-state index is 0.269. The topological polar surface area (TPSA) is 148 Å². The molecule has 1 aromatic heterocycles. The van der Waals surface area contributed by atoms with Gasteiger partial charge < -0.3 is 35.8 Å². The SMILES string of the molecule is O=C(O)C(F)(F)F.Oc1ccc(CCNc2nc(NCCCOc3cccc(CN4CCCCC4)c3Cl)nc(N3CCNCC3)n2)cc1. The maximum absolute atomic E-state index is 10.6. The number of carboxylic acid groups (broad SMARTS) is 1. The predicted octanol–water partition coefficient (Wildman–Crippen LogP) is 4.80. The maximum Gasteiger partial charge on any atom is 0.490 e. The Kier molecular flexibility index (Phi) is 14.1. The average molecular weight is 695 g/mol. The lowest BCUT2D eigenvalue weighted by Crippen LogP contribution is -2.44. The molecule has 2 saturated heterocycles. The number of likely N-dealkylation sites (tertiary alicyclic amines) is 1. The number of nitrogens with zero attached hydrogens (tertiary/aromatic N) is 5. The van der Waals surface area contributed by atoms with Crippen molar-refractivity contribution in [3.63, 3.8) is 0 Å². The van der Waals surface area contributed by atoms with E-state index in [4.69, 9.17) is 31.2 Å². The fourth-order valence-corrected chi connectivity index (χ4v) is 5.35. The molecule has 16 heteroatoms. The van der Waals surface area contributed by atoms with Gasteiger partial charge in [0.25, 0.3) is 0 Å². The molecule has 262 valence electrons. The number of ether oxygens (including phenoxy) is 1. The van der Waals surface area contributed by atoms with E-state index >= 15 is 0 Å². The summed E-state index contributed by atoms with van der Waals surface area (Å²) in [7, 11) is 0. The molecule has 12 nitrogen and oxygen atoms in total. The Bertz CT molecular complexity index is 1440. The molecule has 0 bridgehead atoms. The lowest BCUT2D eigenvalue weighted by molar-refractivity contribution is -0.192. The third kappa shape index (κ3) is 12.2. The lowest BCUT2D eigenvalue weighted by Gasteiger charge is -2.27. The number of rotatable bonds is 13. The van der Waals surface area contributed by atoms with Crippen molar-refractivity contribution in [2.75, 3.05) is 74.5 Å². The number of aromatic nitrogens is 3. The zero-order valence-electron chi connectivity index (χ0n) is 26.6. The highest BCUT2D eigenvalue weighted by atomic mass is 35.5. The monoisotopic (exact) mass is 694 g/mol. The van der Waals surface area contributed by atoms with Gasteiger partial charge in [0.15, 0.2) is 0 Å². The van der Waals surface area contributed by atoms with Crippen LogP contribution in [0.4, 0.5) is 31.0 Å². The molecule has 0 amide bonds. The highest BCUT2D eigenvalue weighted by Crippen LogP contribution is 2.30. The number of piperidine rings is 1. The molecule has 2 fully saturated rings. The first kappa shape index (κ1) is 36.8. The molecule has 0 spiro atoms. The second kappa shape index (κ2) is 18.5. The first-order chi connectivity index (χ1) is 23.1. The minimum atomic E-state index is -5.08. The van der Waals surface area contributed by atoms with Crippen molar-refractivity contribution in [1.82, 2.24) is 25.2 Å². The van der Waals surface area contributed by atoms with Gasteiger partial charge in [-0.15, -0.1) is 0 Å². The molecule has 0 aliphatic carbocycles. The number of hydrogen-bond donors (Lipinski definition) is 5. The van der Waals surface area contributed by atoms with Crippen LogP contribution in [0.2, 0.25) is 5.02 Å². The van der Waals surface area contributed by atoms with Crippen LogP contribution in [0.3, 0.4) is 0 Å². The molecule has 2 aliphatic heterocycles. The van der Waals surface area contributed by atoms with Crippen molar-refractivity contribution in [2.45, 2.75) is 44.8 Å². The summed E-state index contributed by atoms with van der Waals surface area (Å²) in [6.45, 7) is 8.50. The molecule has 0 radical (unpaired) electrons. The first-order valence-electron chi connectivity index (χ1n) is 16.0. The van der Waals surface area contributed by atoms with Crippen molar-refractivity contribution < 1.29 is 32.9 Å². The highest BCUT2D eigenvalue weighted by molar-refractivity contribution is 6.32. The number of nitrogens with one attached hydrogen (secondary N) is 3. The average Bonchev–Trinajstić information content (AvgIpc) is 3.08. The van der Waals surface area contributed by atoms with Crippen LogP contribution < -0.4 is 25.6 Å². The number of aromatic hydroxyl groups is 1. The largest absolute Gasteiger partial charge is 0.508 e. The molecule has 0 saturated carbocycles. The van der Waals surface area contributed by atoms with Crippen molar-refractivity contribution in [2.24, 2.45) is 0 Å². The molecule has 5 rings (SSSR count). The molecule has 2 aliphatic rings. The number of phenolic OH excluding ortho intramolecular Hbond substituents is 1. The van der Waals surface area contributed by atoms with Gasteiger partial charge in [0, 0.05) is 45.8 Å². The van der Waals surface area contributed by atoms with Crippen LogP contribution in [0.25, 0.3) is 0 Å². The zero-order valence-corrected chi connectivity index (χ0v) is 27.4. The van der Waals surface area contributed by atoms with Crippen LogP contribution in [-0.4, -0.2) is 101 Å². The Balaban J connectivity index is 0.000000671. The number of phenols is 1. The quantitative estimate of drug-likeness (QED) is 0.157. The first-order valence-corrected chi connectivity index (χ1v) is 16.4. The highest BCUT2D eigenvalue weighted by Gasteiger charge is 2.38. The predicted molar refractivity (Wildman–Crippen MR) is 178 cm³/mol. The van der Waals surface area contributed by atoms with Crippen LogP contribution in [0, 0.1) is 0 Å². The summed E-state index contributed by atoms with van der Waals surface area (Å²) in [6.07, 6.45) is 0.315. The van der Waals surface area contributed by atoms with E-state index in [1.54, 1.807) is 12.1 Å². The molecule has 5 N–H and O–H groups in total. The molecular formula is C32H42ClF3N8O4. The number of carbonyl (C=O) groups is 1. The Morgan fingerprint density at radius 1 is 0.938 bits per heavy atom. The van der Waals surface area contributed by atoms with E-state index in [0.29, 0.717) is 42.6 Å². The van der Waals surface area contributed by atoms with E-state index in [1.807, 2.05) is 24.3 Å². The smallest absolute Gasteiger partial charge is 0.490 e. The van der Waals surface area contributed by atoms with Crippen LogP contribution in [0.5, 0.6) is 11.5 Å². The third-order valence-corrected chi connectivity index (χ3v) is 8.08. The van der Waals surface area contributed by atoms with Crippen LogP contribution in [0.1, 0.15) is 36.8 Å². The van der Waals surface area contributed by atoms with E-state index in [0.717, 1.165) is 75.5 Å². The number of hydrogen-bond acceptors (Lipinski definition) is 11. The summed E-state index contributed by atoms with van der Waals surface area (Å²) in [4.78, 5) is 27.5. The molecule has 0 unspecified atom stereocenters. The Hall–Kier alpha value is -4.08. The van der Waals surface area contributed by atoms with Crippen molar-refractivity contribution >= 4 is 35.4 Å². The number of carboxylic acids is 1. The van der Waals surface area contributed by atoms with Crippen LogP contribution in [0.15, 0.2) is 42.5 Å². The van der Waals surface area contributed by atoms with Crippen LogP contribution >= 0.6 is 11.6 Å². The van der Waals surface area contributed by atoms with Gasteiger partial charge in [0.2, 0.25) is 17.8 Å². The minimum Gasteiger partial charge on any atom is -0.508 e. The van der Waals surface area contributed by atoms with E-state index in [2.05, 4.69) is 41.8 Å². The fourth-order valence-electron chi connectivity index (χ4n) is 5.11. The maximum atomic E-state index is 10.6. The van der Waals surface area contributed by atoms with Gasteiger partial charge in [0.05, 0.1) is 11.6 Å².